The van der Waals surface area contributed by atoms with Crippen molar-refractivity contribution in [2.75, 3.05) is 13.6 Å². The van der Waals surface area contributed by atoms with Gasteiger partial charge in [-0.05, 0) is 39.3 Å². The lowest BCUT2D eigenvalue weighted by Gasteiger charge is -2.28. The summed E-state index contributed by atoms with van der Waals surface area (Å²) in [5.41, 5.74) is 5.83. The number of nitrogens with zero attached hydrogens (tertiary/aromatic N) is 4. The molecular formula is C12H23N5. The van der Waals surface area contributed by atoms with E-state index in [0.29, 0.717) is 12.0 Å². The molecule has 0 bridgehead atoms. The average molecular weight is 237 g/mol. The summed E-state index contributed by atoms with van der Waals surface area (Å²) in [5.74, 6) is 1.70. The van der Waals surface area contributed by atoms with Gasteiger partial charge in [0.1, 0.15) is 12.2 Å². The van der Waals surface area contributed by atoms with Crippen LogP contribution in [0.1, 0.15) is 32.0 Å². The maximum absolute atomic E-state index is 5.83. The van der Waals surface area contributed by atoms with Gasteiger partial charge in [0, 0.05) is 12.6 Å². The number of rotatable bonds is 5. The first-order valence-electron chi connectivity index (χ1n) is 6.53. The third kappa shape index (κ3) is 2.66. The van der Waals surface area contributed by atoms with Crippen molar-refractivity contribution in [3.05, 3.63) is 12.2 Å². The Kier molecular flexibility index (Phi) is 4.12. The molecule has 5 nitrogen and oxygen atoms in total. The molecule has 96 valence electrons. The van der Waals surface area contributed by atoms with E-state index >= 15 is 0 Å². The lowest BCUT2D eigenvalue weighted by molar-refractivity contribution is 0.186. The Labute approximate surface area is 103 Å². The third-order valence-corrected chi connectivity index (χ3v) is 3.87. The van der Waals surface area contributed by atoms with E-state index in [9.17, 15) is 0 Å². The standard InChI is InChI=1S/C12H23N5/c1-3-17-12(14-9-15-17)8-16(2)11-6-4-5-10(11)7-13/h9-11H,3-8,13H2,1-2H3. The lowest BCUT2D eigenvalue weighted by atomic mass is 10.0. The summed E-state index contributed by atoms with van der Waals surface area (Å²) in [6.45, 7) is 4.65. The number of aromatic nitrogens is 3. The van der Waals surface area contributed by atoms with Crippen molar-refractivity contribution < 1.29 is 0 Å². The number of aryl methyl sites for hydroxylation is 1. The van der Waals surface area contributed by atoms with Crippen LogP contribution < -0.4 is 5.73 Å². The number of hydrogen-bond donors (Lipinski definition) is 1. The van der Waals surface area contributed by atoms with Crippen molar-refractivity contribution in [2.24, 2.45) is 11.7 Å². The van der Waals surface area contributed by atoms with Gasteiger partial charge < -0.3 is 5.73 Å². The Morgan fingerprint density at radius 2 is 2.35 bits per heavy atom. The smallest absolute Gasteiger partial charge is 0.140 e. The maximum Gasteiger partial charge on any atom is 0.140 e. The van der Waals surface area contributed by atoms with Crippen LogP contribution in [0.25, 0.3) is 0 Å². The highest BCUT2D eigenvalue weighted by Gasteiger charge is 2.29. The first kappa shape index (κ1) is 12.5. The summed E-state index contributed by atoms with van der Waals surface area (Å²) in [6.07, 6.45) is 5.48. The molecular weight excluding hydrogens is 214 g/mol. The van der Waals surface area contributed by atoms with Gasteiger partial charge in [0.2, 0.25) is 0 Å². The fourth-order valence-electron chi connectivity index (χ4n) is 2.89. The highest BCUT2D eigenvalue weighted by Crippen LogP contribution is 2.29. The van der Waals surface area contributed by atoms with Gasteiger partial charge >= 0.3 is 0 Å². The van der Waals surface area contributed by atoms with Gasteiger partial charge in [-0.15, -0.1) is 0 Å². The van der Waals surface area contributed by atoms with Gasteiger partial charge in [-0.2, -0.15) is 5.10 Å². The zero-order valence-electron chi connectivity index (χ0n) is 10.8. The predicted octanol–water partition coefficient (Wildman–Crippen LogP) is 0.857. The fourth-order valence-corrected chi connectivity index (χ4v) is 2.89. The van der Waals surface area contributed by atoms with Gasteiger partial charge in [0.15, 0.2) is 0 Å². The van der Waals surface area contributed by atoms with Crippen LogP contribution in [0.3, 0.4) is 0 Å². The van der Waals surface area contributed by atoms with E-state index in [1.807, 2.05) is 4.68 Å². The summed E-state index contributed by atoms with van der Waals surface area (Å²) in [7, 11) is 2.17. The third-order valence-electron chi connectivity index (χ3n) is 3.87. The van der Waals surface area contributed by atoms with E-state index in [1.165, 1.54) is 19.3 Å². The second-order valence-electron chi connectivity index (χ2n) is 4.90. The molecule has 17 heavy (non-hydrogen) atoms. The molecule has 1 aromatic heterocycles. The lowest BCUT2D eigenvalue weighted by Crippen LogP contribution is -2.37. The zero-order valence-corrected chi connectivity index (χ0v) is 10.8. The molecule has 0 saturated heterocycles. The average Bonchev–Trinajstić information content (AvgIpc) is 2.96. The Morgan fingerprint density at radius 1 is 1.53 bits per heavy atom. The normalized spacial score (nSPS) is 24.7. The summed E-state index contributed by atoms with van der Waals surface area (Å²) < 4.78 is 1.96. The highest BCUT2D eigenvalue weighted by atomic mass is 15.3. The van der Waals surface area contributed by atoms with Crippen molar-refractivity contribution in [3.63, 3.8) is 0 Å². The highest BCUT2D eigenvalue weighted by molar-refractivity contribution is 4.90. The monoisotopic (exact) mass is 237 g/mol. The van der Waals surface area contributed by atoms with Gasteiger partial charge in [-0.1, -0.05) is 6.42 Å². The largest absolute Gasteiger partial charge is 0.330 e. The minimum atomic E-state index is 0.613. The van der Waals surface area contributed by atoms with E-state index in [4.69, 9.17) is 5.73 Å². The van der Waals surface area contributed by atoms with Crippen LogP contribution in [-0.2, 0) is 13.1 Å². The van der Waals surface area contributed by atoms with Crippen molar-refractivity contribution in [3.8, 4) is 0 Å². The molecule has 2 unspecified atom stereocenters. The molecule has 0 spiro atoms. The Balaban J connectivity index is 1.99. The second-order valence-corrected chi connectivity index (χ2v) is 4.90. The zero-order chi connectivity index (χ0) is 12.3. The van der Waals surface area contributed by atoms with Crippen LogP contribution in [0.2, 0.25) is 0 Å². The van der Waals surface area contributed by atoms with Crippen molar-refractivity contribution >= 4 is 0 Å². The van der Waals surface area contributed by atoms with E-state index in [0.717, 1.165) is 25.5 Å². The van der Waals surface area contributed by atoms with Crippen molar-refractivity contribution in [2.45, 2.75) is 45.3 Å². The van der Waals surface area contributed by atoms with E-state index < -0.39 is 0 Å². The summed E-state index contributed by atoms with van der Waals surface area (Å²) in [6, 6.07) is 0.613. The molecule has 0 aromatic carbocycles. The van der Waals surface area contributed by atoms with Gasteiger partial charge in [0.05, 0.1) is 6.54 Å². The molecule has 1 heterocycles. The van der Waals surface area contributed by atoms with Crippen LogP contribution in [-0.4, -0.2) is 39.3 Å². The molecule has 5 heteroatoms. The Hall–Kier alpha value is -0.940. The molecule has 1 saturated carbocycles. The van der Waals surface area contributed by atoms with Gasteiger partial charge in [-0.25, -0.2) is 9.67 Å². The molecule has 1 aliphatic rings. The van der Waals surface area contributed by atoms with E-state index in [2.05, 4.69) is 29.0 Å². The molecule has 0 amide bonds. The summed E-state index contributed by atoms with van der Waals surface area (Å²) >= 11 is 0. The number of nitrogens with two attached hydrogens (primary N) is 1. The summed E-state index contributed by atoms with van der Waals surface area (Å²) in [5, 5.41) is 4.21. The van der Waals surface area contributed by atoms with Crippen LogP contribution in [0.5, 0.6) is 0 Å². The quantitative estimate of drug-likeness (QED) is 0.825. The van der Waals surface area contributed by atoms with Crippen molar-refractivity contribution in [1.82, 2.24) is 19.7 Å². The SMILES string of the molecule is CCn1ncnc1CN(C)C1CCCC1CN. The minimum absolute atomic E-state index is 0.613. The van der Waals surface area contributed by atoms with Gasteiger partial charge in [0.25, 0.3) is 0 Å². The molecule has 1 aromatic rings. The Bertz CT molecular complexity index is 348. The molecule has 2 rings (SSSR count). The van der Waals surface area contributed by atoms with Gasteiger partial charge in [-0.3, -0.25) is 4.90 Å². The minimum Gasteiger partial charge on any atom is -0.330 e. The molecule has 1 fully saturated rings. The van der Waals surface area contributed by atoms with Crippen LogP contribution >= 0.6 is 0 Å². The first-order chi connectivity index (χ1) is 8.26. The van der Waals surface area contributed by atoms with E-state index in [-0.39, 0.29) is 0 Å². The molecule has 1 aliphatic carbocycles. The summed E-state index contributed by atoms with van der Waals surface area (Å²) in [4.78, 5) is 6.72. The fraction of sp³-hybridized carbons (Fsp3) is 0.833. The molecule has 0 aliphatic heterocycles. The Morgan fingerprint density at radius 3 is 3.06 bits per heavy atom. The molecule has 2 N–H and O–H groups in total. The van der Waals surface area contributed by atoms with Crippen LogP contribution in [0.15, 0.2) is 6.33 Å². The van der Waals surface area contributed by atoms with Crippen LogP contribution in [0, 0.1) is 5.92 Å². The van der Waals surface area contributed by atoms with Crippen molar-refractivity contribution in [1.29, 1.82) is 0 Å². The molecule has 0 radical (unpaired) electrons. The topological polar surface area (TPSA) is 60.0 Å². The van der Waals surface area contributed by atoms with Crippen LogP contribution in [0.4, 0.5) is 0 Å². The van der Waals surface area contributed by atoms with E-state index in [1.54, 1.807) is 6.33 Å². The first-order valence-corrected chi connectivity index (χ1v) is 6.53. The maximum atomic E-state index is 5.83. The molecule has 2 atom stereocenters. The second kappa shape index (κ2) is 5.60. The predicted molar refractivity (Wildman–Crippen MR) is 67.3 cm³/mol. The number of hydrogen-bond acceptors (Lipinski definition) is 4.